The summed E-state index contributed by atoms with van der Waals surface area (Å²) in [6.07, 6.45) is 76.2. The molecule has 0 aromatic heterocycles. The standard InChI is InChI=1S/C65H123NO5/c1-3-5-7-9-11-13-15-17-18-31-34-37-41-45-49-53-57-63(68)62(61-67)66-64(69)58-54-50-46-42-38-35-32-29-27-25-23-21-19-20-22-24-26-28-30-33-36-40-44-48-52-56-60-71-65(70)59-55-51-47-43-39-16-14-12-10-8-6-4-2/h12,14,19,21,53,57,62-63,67-68H,3-11,13,15-18,20,22-52,54-56,58-61H2,1-2H3,(H,66,69)/b14-12-,21-19-,57-53+. The lowest BCUT2D eigenvalue weighted by molar-refractivity contribution is -0.143. The lowest BCUT2D eigenvalue weighted by Crippen LogP contribution is -2.45. The molecule has 0 saturated carbocycles. The van der Waals surface area contributed by atoms with Crippen LogP contribution >= 0.6 is 0 Å². The number of aliphatic hydroxyl groups excluding tert-OH is 2. The molecule has 0 bridgehead atoms. The van der Waals surface area contributed by atoms with E-state index in [0.717, 1.165) is 44.9 Å². The molecule has 0 aromatic rings. The molecule has 418 valence electrons. The van der Waals surface area contributed by atoms with Gasteiger partial charge < -0.3 is 20.3 Å². The molecule has 3 N–H and O–H groups in total. The van der Waals surface area contributed by atoms with Gasteiger partial charge in [-0.3, -0.25) is 9.59 Å². The summed E-state index contributed by atoms with van der Waals surface area (Å²) in [4.78, 5) is 24.5. The monoisotopic (exact) mass is 998 g/mol. The minimum Gasteiger partial charge on any atom is -0.466 e. The van der Waals surface area contributed by atoms with Gasteiger partial charge in [0, 0.05) is 12.8 Å². The number of allylic oxidation sites excluding steroid dienone is 5. The fraction of sp³-hybridized carbons (Fsp3) is 0.877. The summed E-state index contributed by atoms with van der Waals surface area (Å²) in [6.45, 7) is 4.89. The van der Waals surface area contributed by atoms with Crippen molar-refractivity contribution in [2.24, 2.45) is 0 Å². The van der Waals surface area contributed by atoms with Crippen molar-refractivity contribution < 1.29 is 24.5 Å². The predicted molar refractivity (Wildman–Crippen MR) is 310 cm³/mol. The summed E-state index contributed by atoms with van der Waals surface area (Å²) in [5, 5.41) is 23.1. The van der Waals surface area contributed by atoms with Gasteiger partial charge in [-0.1, -0.05) is 281 Å². The fourth-order valence-corrected chi connectivity index (χ4v) is 9.74. The van der Waals surface area contributed by atoms with Gasteiger partial charge >= 0.3 is 5.97 Å². The molecule has 6 nitrogen and oxygen atoms in total. The van der Waals surface area contributed by atoms with Crippen LogP contribution in [0.4, 0.5) is 0 Å². The summed E-state index contributed by atoms with van der Waals surface area (Å²) in [5.74, 6) is -0.0645. The second kappa shape index (κ2) is 60.6. The number of amides is 1. The molecule has 2 unspecified atom stereocenters. The molecule has 1 amide bonds. The third-order valence-electron chi connectivity index (χ3n) is 14.6. The van der Waals surface area contributed by atoms with E-state index in [4.69, 9.17) is 4.74 Å². The van der Waals surface area contributed by atoms with E-state index >= 15 is 0 Å². The molecule has 0 rings (SSSR count). The van der Waals surface area contributed by atoms with E-state index in [-0.39, 0.29) is 18.5 Å². The number of ether oxygens (including phenoxy) is 1. The van der Waals surface area contributed by atoms with Gasteiger partial charge in [0.1, 0.15) is 0 Å². The van der Waals surface area contributed by atoms with Crippen molar-refractivity contribution in [1.82, 2.24) is 5.32 Å². The first-order chi connectivity index (χ1) is 35.0. The normalized spacial score (nSPS) is 12.8. The highest BCUT2D eigenvalue weighted by atomic mass is 16.5. The third-order valence-corrected chi connectivity index (χ3v) is 14.6. The van der Waals surface area contributed by atoms with Crippen LogP contribution in [0.1, 0.15) is 341 Å². The van der Waals surface area contributed by atoms with E-state index < -0.39 is 12.1 Å². The Morgan fingerprint density at radius 1 is 0.380 bits per heavy atom. The van der Waals surface area contributed by atoms with E-state index in [0.29, 0.717) is 19.4 Å². The Bertz CT molecular complexity index is 1150. The Labute approximate surface area is 443 Å². The number of carbonyl (C=O) groups excluding carboxylic acids is 2. The number of rotatable bonds is 59. The maximum atomic E-state index is 12.5. The summed E-state index contributed by atoms with van der Waals surface area (Å²) in [5.41, 5.74) is 0. The van der Waals surface area contributed by atoms with Gasteiger partial charge in [0.05, 0.1) is 25.4 Å². The first-order valence-electron chi connectivity index (χ1n) is 31.8. The van der Waals surface area contributed by atoms with Gasteiger partial charge in [-0.15, -0.1) is 0 Å². The van der Waals surface area contributed by atoms with Crippen LogP contribution in [-0.2, 0) is 14.3 Å². The quantitative estimate of drug-likeness (QED) is 0.0321. The van der Waals surface area contributed by atoms with Crippen molar-refractivity contribution >= 4 is 11.9 Å². The van der Waals surface area contributed by atoms with Crippen LogP contribution in [0.3, 0.4) is 0 Å². The Balaban J connectivity index is 3.42. The van der Waals surface area contributed by atoms with Gasteiger partial charge in [-0.25, -0.2) is 0 Å². The zero-order valence-corrected chi connectivity index (χ0v) is 47.7. The van der Waals surface area contributed by atoms with Crippen molar-refractivity contribution in [2.75, 3.05) is 13.2 Å². The number of carbonyl (C=O) groups is 2. The summed E-state index contributed by atoms with van der Waals surface area (Å²) >= 11 is 0. The zero-order chi connectivity index (χ0) is 51.4. The molecular weight excluding hydrogens is 875 g/mol. The number of hydrogen-bond acceptors (Lipinski definition) is 5. The lowest BCUT2D eigenvalue weighted by Gasteiger charge is -2.20. The minimum atomic E-state index is -0.846. The number of hydrogen-bond donors (Lipinski definition) is 3. The highest BCUT2D eigenvalue weighted by molar-refractivity contribution is 5.76. The van der Waals surface area contributed by atoms with E-state index in [1.807, 2.05) is 6.08 Å². The topological polar surface area (TPSA) is 95.9 Å². The minimum absolute atomic E-state index is 0.00375. The molecule has 0 spiro atoms. The van der Waals surface area contributed by atoms with Crippen LogP contribution in [0.2, 0.25) is 0 Å². The molecule has 71 heavy (non-hydrogen) atoms. The Morgan fingerprint density at radius 2 is 0.662 bits per heavy atom. The largest absolute Gasteiger partial charge is 0.466 e. The van der Waals surface area contributed by atoms with Crippen molar-refractivity contribution in [3.63, 3.8) is 0 Å². The number of esters is 1. The van der Waals surface area contributed by atoms with Crippen molar-refractivity contribution in [3.05, 3.63) is 36.5 Å². The van der Waals surface area contributed by atoms with Crippen LogP contribution < -0.4 is 5.32 Å². The summed E-state index contributed by atoms with van der Waals surface area (Å²) in [7, 11) is 0. The van der Waals surface area contributed by atoms with Crippen LogP contribution in [0.5, 0.6) is 0 Å². The maximum Gasteiger partial charge on any atom is 0.305 e. The second-order valence-electron chi connectivity index (χ2n) is 21.7. The Kier molecular flexibility index (Phi) is 59.0. The van der Waals surface area contributed by atoms with Gasteiger partial charge in [-0.05, 0) is 83.5 Å². The van der Waals surface area contributed by atoms with E-state index in [9.17, 15) is 19.8 Å². The molecule has 0 saturated heterocycles. The highest BCUT2D eigenvalue weighted by Gasteiger charge is 2.18. The molecule has 2 atom stereocenters. The van der Waals surface area contributed by atoms with Crippen LogP contribution in [0.15, 0.2) is 36.5 Å². The number of nitrogens with one attached hydrogen (secondary N) is 1. The van der Waals surface area contributed by atoms with Crippen molar-refractivity contribution in [2.45, 2.75) is 353 Å². The smallest absolute Gasteiger partial charge is 0.305 e. The maximum absolute atomic E-state index is 12.5. The number of unbranched alkanes of at least 4 members (excludes halogenated alkanes) is 44. The van der Waals surface area contributed by atoms with E-state index in [1.165, 1.54) is 270 Å². The van der Waals surface area contributed by atoms with Crippen LogP contribution in [0, 0.1) is 0 Å². The predicted octanol–water partition coefficient (Wildman–Crippen LogP) is 20.0. The second-order valence-corrected chi connectivity index (χ2v) is 21.7. The average Bonchev–Trinajstić information content (AvgIpc) is 3.37. The molecule has 0 aliphatic carbocycles. The van der Waals surface area contributed by atoms with Gasteiger partial charge in [0.25, 0.3) is 0 Å². The summed E-state index contributed by atoms with van der Waals surface area (Å²) < 4.78 is 5.47. The first-order valence-corrected chi connectivity index (χ1v) is 31.8. The first kappa shape index (κ1) is 69.1. The highest BCUT2D eigenvalue weighted by Crippen LogP contribution is 2.17. The molecule has 0 aliphatic heterocycles. The zero-order valence-electron chi connectivity index (χ0n) is 47.7. The van der Waals surface area contributed by atoms with Gasteiger partial charge in [0.15, 0.2) is 0 Å². The van der Waals surface area contributed by atoms with Crippen molar-refractivity contribution in [3.8, 4) is 0 Å². The van der Waals surface area contributed by atoms with Crippen LogP contribution in [0.25, 0.3) is 0 Å². The third kappa shape index (κ3) is 57.2. The molecule has 0 heterocycles. The fourth-order valence-electron chi connectivity index (χ4n) is 9.74. The SMILES string of the molecule is CCCCC/C=C\CCCCCCCC(=O)OCCCCCCCCCCCCCC/C=C\CCCCCCCCCCCCC(=O)NC(CO)C(O)/C=C/CCCCCCCCCCCCCCCC. The molecule has 0 radical (unpaired) electrons. The molecule has 6 heteroatoms. The Hall–Kier alpha value is -1.92. The summed E-state index contributed by atoms with van der Waals surface area (Å²) in [6, 6.07) is -0.629. The van der Waals surface area contributed by atoms with E-state index in [1.54, 1.807) is 6.08 Å². The van der Waals surface area contributed by atoms with Gasteiger partial charge in [-0.2, -0.15) is 0 Å². The molecule has 0 fully saturated rings. The van der Waals surface area contributed by atoms with Gasteiger partial charge in [0.2, 0.25) is 5.91 Å². The Morgan fingerprint density at radius 3 is 1.03 bits per heavy atom. The van der Waals surface area contributed by atoms with Crippen molar-refractivity contribution in [1.29, 1.82) is 0 Å². The molecule has 0 aliphatic rings. The average molecular weight is 999 g/mol. The molecule has 0 aromatic carbocycles. The van der Waals surface area contributed by atoms with Crippen LogP contribution in [-0.4, -0.2) is 47.4 Å². The lowest BCUT2D eigenvalue weighted by atomic mass is 10.0. The molecular formula is C65H123NO5. The van der Waals surface area contributed by atoms with E-state index in [2.05, 4.69) is 43.5 Å². The number of aliphatic hydroxyl groups is 2.